The van der Waals surface area contributed by atoms with Gasteiger partial charge in [0.15, 0.2) is 6.10 Å². The first-order valence-electron chi connectivity index (χ1n) is 38.7. The van der Waals surface area contributed by atoms with Crippen molar-refractivity contribution in [1.82, 2.24) is 0 Å². The second kappa shape index (κ2) is 76.1. The van der Waals surface area contributed by atoms with Gasteiger partial charge in [-0.25, -0.2) is 9.13 Å². The molecule has 16 nitrogen and oxygen atoms in total. The average Bonchev–Trinajstić information content (AvgIpc) is 0.939. The van der Waals surface area contributed by atoms with Gasteiger partial charge in [0.2, 0.25) is 0 Å². The van der Waals surface area contributed by atoms with Crippen molar-refractivity contribution in [3.8, 4) is 0 Å². The molecule has 0 aliphatic heterocycles. The molecule has 0 spiro atoms. The van der Waals surface area contributed by atoms with Crippen LogP contribution in [-0.2, 0) is 55.8 Å². The van der Waals surface area contributed by atoms with Gasteiger partial charge < -0.3 is 34.2 Å². The number of unbranched alkanes of at least 4 members (excludes halogenated alkanes) is 16. The monoisotopic (exact) mass is 1470 g/mol. The van der Waals surface area contributed by atoms with Crippen molar-refractivity contribution < 1.29 is 75.8 Å². The number of phosphoric acid groups is 2. The zero-order chi connectivity index (χ0) is 75.2. The molecule has 18 heteroatoms. The highest BCUT2D eigenvalue weighted by atomic mass is 31.2. The number of hydrogen-bond donors (Lipinski definition) is 4. The lowest BCUT2D eigenvalue weighted by atomic mass is 10.1. The minimum absolute atomic E-state index is 0.0356. The summed E-state index contributed by atoms with van der Waals surface area (Å²) in [6.07, 6.45) is 99.1. The standard InChI is InChI=1S/C85H136O16P2/c1-4-7-10-13-16-19-22-25-28-31-34-36-38-39-41-43-45-47-50-53-56-59-62-65-68-71-83(88)95-74-80(86)75-97-102(91,92)98-76-81(87)77-99-103(93,94)100-79-82(101-85(90)73-70-67-64-61-58-55-52-49-44-33-30-27-24-21-18-15-12-9-6-3)78-96-84(89)72-69-66-63-60-57-54-51-48-46-42-40-37-35-32-29-26-23-20-17-14-11-8-5-2/h8-9,11-12,16-21,25-30,34-37,39,41-42,44,46,49,51,54-55,58,64,67,80-82,86-87H,4-7,10,13-15,22-24,31-33,38,40,43,45,47-48,50,52-53,56-57,59-63,65-66,68-79H2,1-3H3,(H,91,92)(H,93,94)/b11-8-,12-9-,19-16-,20-17-,21-18-,28-25-,29-26-,30-27-,36-34-,37-35-,41-39-,46-42-,49-44-,54-51-,58-55-,67-64-. The lowest BCUT2D eigenvalue weighted by Gasteiger charge is -2.21. The molecule has 4 N–H and O–H groups in total. The Bertz CT molecular complexity index is 2650. The third-order valence-electron chi connectivity index (χ3n) is 15.3. The molecule has 0 aromatic rings. The normalized spacial score (nSPS) is 15.1. The van der Waals surface area contributed by atoms with Crippen LogP contribution in [0.5, 0.6) is 0 Å². The summed E-state index contributed by atoms with van der Waals surface area (Å²) in [6.45, 7) is 2.27. The summed E-state index contributed by atoms with van der Waals surface area (Å²) in [4.78, 5) is 58.6. The van der Waals surface area contributed by atoms with Crippen LogP contribution >= 0.6 is 15.6 Å². The maximum atomic E-state index is 13.0. The molecule has 103 heavy (non-hydrogen) atoms. The molecule has 5 unspecified atom stereocenters. The van der Waals surface area contributed by atoms with Crippen LogP contribution in [0.4, 0.5) is 0 Å². The summed E-state index contributed by atoms with van der Waals surface area (Å²) in [5.41, 5.74) is 0. The fourth-order valence-corrected chi connectivity index (χ4v) is 11.0. The Morgan fingerprint density at radius 2 is 0.534 bits per heavy atom. The van der Waals surface area contributed by atoms with Gasteiger partial charge in [-0.15, -0.1) is 0 Å². The van der Waals surface area contributed by atoms with Crippen molar-refractivity contribution in [2.24, 2.45) is 0 Å². The third-order valence-corrected chi connectivity index (χ3v) is 17.2. The Morgan fingerprint density at radius 3 is 0.854 bits per heavy atom. The van der Waals surface area contributed by atoms with Crippen LogP contribution in [0.3, 0.4) is 0 Å². The predicted octanol–water partition coefficient (Wildman–Crippen LogP) is 22.8. The van der Waals surface area contributed by atoms with E-state index in [2.05, 4.69) is 197 Å². The Labute approximate surface area is 623 Å². The van der Waals surface area contributed by atoms with Crippen LogP contribution in [0.15, 0.2) is 194 Å². The molecule has 582 valence electrons. The third kappa shape index (κ3) is 77.3. The van der Waals surface area contributed by atoms with Crippen molar-refractivity contribution in [3.63, 3.8) is 0 Å². The molecular formula is C85H136O16P2. The number of hydrogen-bond acceptors (Lipinski definition) is 14. The molecule has 0 aliphatic carbocycles. The second-order valence-electron chi connectivity index (χ2n) is 25.0. The van der Waals surface area contributed by atoms with E-state index in [1.807, 2.05) is 18.2 Å². The number of allylic oxidation sites excluding steroid dienone is 32. The number of carbonyl (C=O) groups is 3. The quantitative estimate of drug-likeness (QED) is 0.0146. The van der Waals surface area contributed by atoms with Gasteiger partial charge in [-0.05, 0) is 154 Å². The van der Waals surface area contributed by atoms with Gasteiger partial charge in [-0.3, -0.25) is 32.5 Å². The van der Waals surface area contributed by atoms with Crippen LogP contribution < -0.4 is 0 Å². The molecule has 0 radical (unpaired) electrons. The molecule has 0 aromatic carbocycles. The molecule has 0 aliphatic rings. The Balaban J connectivity index is 4.78. The van der Waals surface area contributed by atoms with E-state index in [-0.39, 0.29) is 19.3 Å². The highest BCUT2D eigenvalue weighted by molar-refractivity contribution is 7.47. The molecular weight excluding hydrogens is 1340 g/mol. The summed E-state index contributed by atoms with van der Waals surface area (Å²) >= 11 is 0. The molecule has 0 rings (SSSR count). The molecule has 0 aromatic heterocycles. The first-order chi connectivity index (χ1) is 50.2. The van der Waals surface area contributed by atoms with E-state index in [9.17, 15) is 43.5 Å². The van der Waals surface area contributed by atoms with Gasteiger partial charge >= 0.3 is 33.6 Å². The first kappa shape index (κ1) is 97.4. The SMILES string of the molecule is CC/C=C\C/C=C\C/C=C\C/C=C\C/C=C\C/C=C\CCCCCCC(=O)OCC(COP(=O)(O)OCC(O)COP(=O)(O)OCC(O)COC(=O)CCCCCCCCCCC/C=C\C/C=C\C/C=C\C/C=C\CCCCC)OC(=O)CC/C=C\C/C=C\C/C=C\C/C=C\C/C=C\C/C=C\CC. The number of ether oxygens (including phenoxy) is 3. The topological polar surface area (TPSA) is 231 Å². The molecule has 0 bridgehead atoms. The van der Waals surface area contributed by atoms with Crippen molar-refractivity contribution in [3.05, 3.63) is 194 Å². The zero-order valence-electron chi connectivity index (χ0n) is 63.4. The van der Waals surface area contributed by atoms with E-state index in [1.165, 1.54) is 51.4 Å². The number of carbonyl (C=O) groups excluding carboxylic acids is 3. The average molecular weight is 1480 g/mol. The number of esters is 3. The molecule has 0 saturated heterocycles. The van der Waals surface area contributed by atoms with Gasteiger partial charge in [0.05, 0.1) is 26.4 Å². The van der Waals surface area contributed by atoms with Crippen molar-refractivity contribution in [2.45, 2.75) is 283 Å². The lowest BCUT2D eigenvalue weighted by molar-refractivity contribution is -0.161. The van der Waals surface area contributed by atoms with Crippen LogP contribution in [0.25, 0.3) is 0 Å². The van der Waals surface area contributed by atoms with Crippen molar-refractivity contribution >= 4 is 33.6 Å². The van der Waals surface area contributed by atoms with Gasteiger partial charge in [-0.2, -0.15) is 0 Å². The van der Waals surface area contributed by atoms with Crippen molar-refractivity contribution in [1.29, 1.82) is 0 Å². The summed E-state index contributed by atoms with van der Waals surface area (Å²) in [6, 6.07) is 0. The maximum absolute atomic E-state index is 13.0. The Kier molecular flexibility index (Phi) is 71.9. The summed E-state index contributed by atoms with van der Waals surface area (Å²) in [7, 11) is -9.84. The van der Waals surface area contributed by atoms with Crippen LogP contribution in [-0.4, -0.2) is 95.9 Å². The van der Waals surface area contributed by atoms with Crippen LogP contribution in [0, 0.1) is 0 Å². The van der Waals surface area contributed by atoms with E-state index < -0.39 is 91.5 Å². The number of aliphatic hydroxyl groups is 2. The highest BCUT2D eigenvalue weighted by Gasteiger charge is 2.29. The first-order valence-corrected chi connectivity index (χ1v) is 41.7. The van der Waals surface area contributed by atoms with Gasteiger partial charge in [0.1, 0.15) is 25.4 Å². The molecule has 0 amide bonds. The summed E-state index contributed by atoms with van der Waals surface area (Å²) in [5.74, 6) is -1.72. The van der Waals surface area contributed by atoms with E-state index in [1.54, 1.807) is 0 Å². The van der Waals surface area contributed by atoms with Gasteiger partial charge in [-0.1, -0.05) is 286 Å². The highest BCUT2D eigenvalue weighted by Crippen LogP contribution is 2.45. The lowest BCUT2D eigenvalue weighted by Crippen LogP contribution is -2.29. The number of phosphoric ester groups is 2. The predicted molar refractivity (Wildman–Crippen MR) is 426 cm³/mol. The Hall–Kier alpha value is -5.61. The number of rotatable bonds is 71. The van der Waals surface area contributed by atoms with E-state index in [4.69, 9.17) is 32.3 Å². The molecule has 0 heterocycles. The second-order valence-corrected chi connectivity index (χ2v) is 27.9. The summed E-state index contributed by atoms with van der Waals surface area (Å²) in [5, 5.41) is 20.6. The van der Waals surface area contributed by atoms with Crippen molar-refractivity contribution in [2.75, 3.05) is 39.6 Å². The van der Waals surface area contributed by atoms with Crippen LogP contribution in [0.2, 0.25) is 0 Å². The smallest absolute Gasteiger partial charge is 0.463 e. The van der Waals surface area contributed by atoms with Gasteiger partial charge in [0, 0.05) is 19.3 Å². The fourth-order valence-electron chi connectivity index (χ4n) is 9.46. The molecule has 0 fully saturated rings. The minimum atomic E-state index is -4.97. The van der Waals surface area contributed by atoms with Crippen LogP contribution in [0.1, 0.15) is 265 Å². The fraction of sp³-hybridized carbons (Fsp3) is 0.588. The molecule has 0 saturated carbocycles. The van der Waals surface area contributed by atoms with E-state index >= 15 is 0 Å². The van der Waals surface area contributed by atoms with Gasteiger partial charge in [0.25, 0.3) is 0 Å². The number of aliphatic hydroxyl groups excluding tert-OH is 2. The molecule has 5 atom stereocenters. The minimum Gasteiger partial charge on any atom is -0.463 e. The Morgan fingerprint density at radius 1 is 0.282 bits per heavy atom. The maximum Gasteiger partial charge on any atom is 0.472 e. The zero-order valence-corrected chi connectivity index (χ0v) is 65.2. The summed E-state index contributed by atoms with van der Waals surface area (Å²) < 4.78 is 61.0. The van der Waals surface area contributed by atoms with E-state index in [0.717, 1.165) is 148 Å². The largest absolute Gasteiger partial charge is 0.472 e. The van der Waals surface area contributed by atoms with E-state index in [0.29, 0.717) is 25.7 Å².